The lowest BCUT2D eigenvalue weighted by molar-refractivity contribution is -0.142. The summed E-state index contributed by atoms with van der Waals surface area (Å²) in [4.78, 5) is 26.6. The highest BCUT2D eigenvalue weighted by molar-refractivity contribution is 9.10. The molecule has 2 rings (SSSR count). The SMILES string of the molecule is CCNC(=O)[C@H](C)N(Cc1cccc(Br)c1)C(=O)COc1cccc(Cl)c1. The molecule has 144 valence electrons. The number of carbonyl (C=O) groups excluding carboxylic acids is 2. The number of halogens is 2. The molecule has 0 fully saturated rings. The molecule has 0 bridgehead atoms. The molecule has 0 heterocycles. The van der Waals surface area contributed by atoms with Crippen LogP contribution in [0.3, 0.4) is 0 Å². The van der Waals surface area contributed by atoms with Crippen molar-refractivity contribution < 1.29 is 14.3 Å². The van der Waals surface area contributed by atoms with E-state index >= 15 is 0 Å². The Balaban J connectivity index is 2.14. The van der Waals surface area contributed by atoms with E-state index in [9.17, 15) is 9.59 Å². The zero-order valence-corrected chi connectivity index (χ0v) is 17.6. The normalized spacial score (nSPS) is 11.6. The molecule has 0 spiro atoms. The molecule has 27 heavy (non-hydrogen) atoms. The van der Waals surface area contributed by atoms with Crippen LogP contribution in [0, 0.1) is 0 Å². The van der Waals surface area contributed by atoms with Crippen LogP contribution in [0.5, 0.6) is 5.75 Å². The van der Waals surface area contributed by atoms with Crippen molar-refractivity contribution in [3.8, 4) is 5.75 Å². The molecule has 0 aliphatic rings. The van der Waals surface area contributed by atoms with E-state index in [0.29, 0.717) is 23.9 Å². The maximum atomic E-state index is 12.8. The second kappa shape index (κ2) is 10.3. The van der Waals surface area contributed by atoms with Crippen molar-refractivity contribution >= 4 is 39.3 Å². The van der Waals surface area contributed by atoms with Gasteiger partial charge < -0.3 is 15.0 Å². The number of likely N-dealkylation sites (N-methyl/N-ethyl adjacent to an activating group) is 1. The molecule has 1 N–H and O–H groups in total. The fourth-order valence-electron chi connectivity index (χ4n) is 2.52. The topological polar surface area (TPSA) is 58.6 Å². The van der Waals surface area contributed by atoms with Crippen molar-refractivity contribution in [2.45, 2.75) is 26.4 Å². The quantitative estimate of drug-likeness (QED) is 0.656. The van der Waals surface area contributed by atoms with Crippen molar-refractivity contribution in [1.82, 2.24) is 10.2 Å². The highest BCUT2D eigenvalue weighted by Crippen LogP contribution is 2.18. The Morgan fingerprint density at radius 3 is 2.63 bits per heavy atom. The Morgan fingerprint density at radius 1 is 1.22 bits per heavy atom. The van der Waals surface area contributed by atoms with Gasteiger partial charge in [-0.15, -0.1) is 0 Å². The van der Waals surface area contributed by atoms with E-state index in [2.05, 4.69) is 21.2 Å². The van der Waals surface area contributed by atoms with Crippen molar-refractivity contribution in [2.75, 3.05) is 13.2 Å². The lowest BCUT2D eigenvalue weighted by atomic mass is 10.1. The standard InChI is InChI=1S/C20H22BrClN2O3/c1-3-23-20(26)14(2)24(12-15-6-4-7-16(21)10-15)19(25)13-27-18-9-5-8-17(22)11-18/h4-11,14H,3,12-13H2,1-2H3,(H,23,26)/t14-/m0/s1. The first-order valence-corrected chi connectivity index (χ1v) is 9.77. The van der Waals surface area contributed by atoms with Gasteiger partial charge >= 0.3 is 0 Å². The van der Waals surface area contributed by atoms with Crippen LogP contribution in [0.25, 0.3) is 0 Å². The first kappa shape index (κ1) is 21.3. The maximum Gasteiger partial charge on any atom is 0.261 e. The summed E-state index contributed by atoms with van der Waals surface area (Å²) in [5.41, 5.74) is 0.914. The summed E-state index contributed by atoms with van der Waals surface area (Å²) >= 11 is 9.37. The number of hydrogen-bond acceptors (Lipinski definition) is 3. The number of rotatable bonds is 8. The van der Waals surface area contributed by atoms with E-state index in [1.807, 2.05) is 31.2 Å². The average molecular weight is 454 g/mol. The smallest absolute Gasteiger partial charge is 0.261 e. The molecule has 2 aromatic carbocycles. The second-order valence-corrected chi connectivity index (χ2v) is 7.32. The predicted octanol–water partition coefficient (Wildman–Crippen LogP) is 4.03. The summed E-state index contributed by atoms with van der Waals surface area (Å²) in [6, 6.07) is 13.8. The van der Waals surface area contributed by atoms with Gasteiger partial charge in [-0.25, -0.2) is 0 Å². The fourth-order valence-corrected chi connectivity index (χ4v) is 3.15. The largest absolute Gasteiger partial charge is 0.484 e. The number of nitrogens with zero attached hydrogens (tertiary/aromatic N) is 1. The summed E-state index contributed by atoms with van der Waals surface area (Å²) in [7, 11) is 0. The lowest BCUT2D eigenvalue weighted by Gasteiger charge is -2.28. The zero-order chi connectivity index (χ0) is 19.8. The van der Waals surface area contributed by atoms with Crippen LogP contribution in [0.15, 0.2) is 53.0 Å². The Bertz CT molecular complexity index is 800. The monoisotopic (exact) mass is 452 g/mol. The highest BCUT2D eigenvalue weighted by Gasteiger charge is 2.26. The third-order valence-electron chi connectivity index (χ3n) is 3.92. The van der Waals surface area contributed by atoms with Crippen molar-refractivity contribution in [2.24, 2.45) is 0 Å². The average Bonchev–Trinajstić information content (AvgIpc) is 2.64. The van der Waals surface area contributed by atoms with Crippen LogP contribution < -0.4 is 10.1 Å². The van der Waals surface area contributed by atoms with Crippen molar-refractivity contribution in [3.63, 3.8) is 0 Å². The molecule has 2 aromatic rings. The van der Waals surface area contributed by atoms with Gasteiger partial charge in [-0.2, -0.15) is 0 Å². The minimum Gasteiger partial charge on any atom is -0.484 e. The third-order valence-corrected chi connectivity index (χ3v) is 4.65. The first-order chi connectivity index (χ1) is 12.9. The molecule has 0 aliphatic heterocycles. The van der Waals surface area contributed by atoms with E-state index in [1.54, 1.807) is 31.2 Å². The number of nitrogens with one attached hydrogen (secondary N) is 1. The minimum atomic E-state index is -0.626. The summed E-state index contributed by atoms with van der Waals surface area (Å²) < 4.78 is 6.47. The Hall–Kier alpha value is -2.05. The van der Waals surface area contributed by atoms with E-state index in [4.69, 9.17) is 16.3 Å². The Morgan fingerprint density at radius 2 is 1.96 bits per heavy atom. The van der Waals surface area contributed by atoms with Crippen LogP contribution in [0.2, 0.25) is 5.02 Å². The van der Waals surface area contributed by atoms with Gasteiger partial charge in [-0.3, -0.25) is 9.59 Å². The van der Waals surface area contributed by atoms with E-state index in [-0.39, 0.29) is 18.4 Å². The van der Waals surface area contributed by atoms with Gasteiger partial charge in [-0.1, -0.05) is 45.7 Å². The number of ether oxygens (including phenoxy) is 1. The summed E-state index contributed by atoms with van der Waals surface area (Å²) in [5.74, 6) is 0.0150. The third kappa shape index (κ3) is 6.56. The molecule has 7 heteroatoms. The van der Waals surface area contributed by atoms with Gasteiger partial charge in [0.1, 0.15) is 11.8 Å². The van der Waals surface area contributed by atoms with Gasteiger partial charge in [0.05, 0.1) is 0 Å². The second-order valence-electron chi connectivity index (χ2n) is 5.97. The van der Waals surface area contributed by atoms with Gasteiger partial charge in [0.2, 0.25) is 5.91 Å². The molecule has 5 nitrogen and oxygen atoms in total. The fraction of sp³-hybridized carbons (Fsp3) is 0.300. The molecular formula is C20H22BrClN2O3. The van der Waals surface area contributed by atoms with Crippen molar-refractivity contribution in [1.29, 1.82) is 0 Å². The van der Waals surface area contributed by atoms with E-state index < -0.39 is 6.04 Å². The molecule has 2 amide bonds. The first-order valence-electron chi connectivity index (χ1n) is 8.60. The van der Waals surface area contributed by atoms with Gasteiger partial charge in [0.15, 0.2) is 6.61 Å². The Kier molecular flexibility index (Phi) is 8.13. The van der Waals surface area contributed by atoms with Crippen LogP contribution in [0.4, 0.5) is 0 Å². The van der Waals surface area contributed by atoms with Crippen LogP contribution in [0.1, 0.15) is 19.4 Å². The summed E-state index contributed by atoms with van der Waals surface area (Å²) in [6.07, 6.45) is 0. The number of benzene rings is 2. The van der Waals surface area contributed by atoms with E-state index in [1.165, 1.54) is 4.90 Å². The molecule has 0 saturated carbocycles. The molecule has 0 radical (unpaired) electrons. The van der Waals surface area contributed by atoms with Crippen LogP contribution >= 0.6 is 27.5 Å². The van der Waals surface area contributed by atoms with Crippen LogP contribution in [-0.4, -0.2) is 35.9 Å². The molecule has 1 atom stereocenters. The molecule has 0 aliphatic carbocycles. The van der Waals surface area contributed by atoms with Gasteiger partial charge in [0, 0.05) is 22.6 Å². The van der Waals surface area contributed by atoms with Crippen LogP contribution in [-0.2, 0) is 16.1 Å². The van der Waals surface area contributed by atoms with Gasteiger partial charge in [0.25, 0.3) is 5.91 Å². The van der Waals surface area contributed by atoms with Gasteiger partial charge in [-0.05, 0) is 49.7 Å². The highest BCUT2D eigenvalue weighted by atomic mass is 79.9. The zero-order valence-electron chi connectivity index (χ0n) is 15.2. The minimum absolute atomic E-state index is 0.182. The molecule has 0 saturated heterocycles. The van der Waals surface area contributed by atoms with Crippen molar-refractivity contribution in [3.05, 3.63) is 63.6 Å². The molecule has 0 aromatic heterocycles. The number of carbonyl (C=O) groups is 2. The molecule has 0 unspecified atom stereocenters. The number of hydrogen-bond donors (Lipinski definition) is 1. The van der Waals surface area contributed by atoms with E-state index in [0.717, 1.165) is 10.0 Å². The summed E-state index contributed by atoms with van der Waals surface area (Å²) in [5, 5.41) is 3.29. The molecular weight excluding hydrogens is 432 g/mol. The summed E-state index contributed by atoms with van der Waals surface area (Å²) in [6.45, 7) is 4.17. The maximum absolute atomic E-state index is 12.8. The predicted molar refractivity (Wildman–Crippen MR) is 110 cm³/mol. The number of amides is 2. The lowest BCUT2D eigenvalue weighted by Crippen LogP contribution is -2.49. The Labute approximate surface area is 172 Å².